The summed E-state index contributed by atoms with van der Waals surface area (Å²) in [6, 6.07) is 11.3. The predicted molar refractivity (Wildman–Crippen MR) is 87.3 cm³/mol. The number of hydrogen-bond donors (Lipinski definition) is 0. The summed E-state index contributed by atoms with van der Waals surface area (Å²) in [5, 5.41) is 11.3. The van der Waals surface area contributed by atoms with Crippen LogP contribution >= 0.6 is 0 Å². The fraction of sp³-hybridized carbons (Fsp3) is 0.333. The van der Waals surface area contributed by atoms with Crippen molar-refractivity contribution in [2.24, 2.45) is 0 Å². The fourth-order valence-corrected chi connectivity index (χ4v) is 2.12. The monoisotopic (exact) mass is 305 g/mol. The molecule has 116 valence electrons. The minimum Gasteiger partial charge on any atom is -0.488 e. The van der Waals surface area contributed by atoms with Crippen molar-refractivity contribution < 1.29 is 17.9 Å². The normalized spacial score (nSPS) is 16.5. The van der Waals surface area contributed by atoms with E-state index in [-0.39, 0.29) is 29.2 Å². The molecule has 0 unspecified atom stereocenters. The first-order chi connectivity index (χ1) is 12.8. The van der Waals surface area contributed by atoms with Gasteiger partial charge in [0.25, 0.3) is 5.69 Å². The highest BCUT2D eigenvalue weighted by Gasteiger charge is 2.24. The summed E-state index contributed by atoms with van der Waals surface area (Å²) in [4.78, 5) is 10.7. The molecular formula is C18H21NO3. The van der Waals surface area contributed by atoms with Crippen molar-refractivity contribution >= 4 is 5.69 Å². The van der Waals surface area contributed by atoms with Gasteiger partial charge in [-0.2, -0.15) is 0 Å². The SMILES string of the molecule is [2H]C([2H])([2H])C(C)(c1cc(C)c([N+](=O)[O-])cc1OCc1ccccc1)C([2H])([2H])[2H]. The summed E-state index contributed by atoms with van der Waals surface area (Å²) in [6.07, 6.45) is 0. The van der Waals surface area contributed by atoms with Crippen LogP contribution in [-0.2, 0) is 12.0 Å². The molecule has 2 rings (SSSR count). The molecule has 0 aliphatic carbocycles. The van der Waals surface area contributed by atoms with Crippen molar-refractivity contribution in [3.8, 4) is 5.75 Å². The molecular weight excluding hydrogens is 278 g/mol. The van der Waals surface area contributed by atoms with Gasteiger partial charge in [0.05, 0.1) is 11.0 Å². The standard InChI is InChI=1S/C18H21NO3/c1-13-10-15(18(2,3)4)17(11-16(13)19(20)21)22-12-14-8-6-5-7-9-14/h5-11H,12H2,1-4H3/i2D3,3D3. The van der Waals surface area contributed by atoms with Crippen LogP contribution in [0.15, 0.2) is 42.5 Å². The van der Waals surface area contributed by atoms with Crippen LogP contribution in [0.4, 0.5) is 5.69 Å². The Bertz CT molecular complexity index is 848. The van der Waals surface area contributed by atoms with Crippen LogP contribution in [0.25, 0.3) is 0 Å². The molecule has 0 bridgehead atoms. The van der Waals surface area contributed by atoms with Crippen molar-refractivity contribution in [3.05, 3.63) is 69.3 Å². The lowest BCUT2D eigenvalue weighted by Crippen LogP contribution is -2.14. The van der Waals surface area contributed by atoms with E-state index in [4.69, 9.17) is 13.0 Å². The van der Waals surface area contributed by atoms with E-state index in [2.05, 4.69) is 0 Å². The number of nitro groups is 1. The Morgan fingerprint density at radius 2 is 1.95 bits per heavy atom. The molecule has 4 heteroatoms. The van der Waals surface area contributed by atoms with E-state index in [1.807, 2.05) is 6.07 Å². The van der Waals surface area contributed by atoms with Crippen LogP contribution in [0.2, 0.25) is 0 Å². The van der Waals surface area contributed by atoms with Gasteiger partial charge >= 0.3 is 0 Å². The van der Waals surface area contributed by atoms with Gasteiger partial charge in [-0.25, -0.2) is 0 Å². The Labute approximate surface area is 139 Å². The summed E-state index contributed by atoms with van der Waals surface area (Å²) in [5.41, 5.74) is -1.74. The van der Waals surface area contributed by atoms with Crippen LogP contribution < -0.4 is 4.74 Å². The van der Waals surface area contributed by atoms with Gasteiger partial charge in [-0.05, 0) is 24.0 Å². The number of aryl methyl sites for hydroxylation is 1. The highest BCUT2D eigenvalue weighted by atomic mass is 16.6. The van der Waals surface area contributed by atoms with Crippen molar-refractivity contribution in [3.63, 3.8) is 0 Å². The molecule has 0 saturated heterocycles. The Morgan fingerprint density at radius 3 is 2.55 bits per heavy atom. The highest BCUT2D eigenvalue weighted by molar-refractivity contribution is 5.52. The Hall–Kier alpha value is -2.36. The number of nitrogens with zero attached hydrogens (tertiary/aromatic N) is 1. The molecule has 0 aliphatic heterocycles. The molecule has 22 heavy (non-hydrogen) atoms. The van der Waals surface area contributed by atoms with Gasteiger partial charge in [0, 0.05) is 19.4 Å². The molecule has 0 heterocycles. The van der Waals surface area contributed by atoms with Gasteiger partial charge in [-0.15, -0.1) is 0 Å². The van der Waals surface area contributed by atoms with Crippen LogP contribution in [0.5, 0.6) is 5.75 Å². The Kier molecular flexibility index (Phi) is 2.70. The van der Waals surface area contributed by atoms with Crippen molar-refractivity contribution in [1.82, 2.24) is 0 Å². The zero-order chi connectivity index (χ0) is 21.3. The lowest BCUT2D eigenvalue weighted by molar-refractivity contribution is -0.385. The largest absolute Gasteiger partial charge is 0.488 e. The first-order valence-electron chi connectivity index (χ1n) is 9.75. The number of nitro benzene ring substituents is 1. The second-order valence-corrected chi connectivity index (χ2v) is 5.29. The zero-order valence-electron chi connectivity index (χ0n) is 18.4. The molecule has 0 saturated carbocycles. The second kappa shape index (κ2) is 6.18. The molecule has 2 aromatic carbocycles. The van der Waals surface area contributed by atoms with Gasteiger partial charge in [-0.3, -0.25) is 10.1 Å². The minimum absolute atomic E-state index is 0.00609. The molecule has 0 aromatic heterocycles. The quantitative estimate of drug-likeness (QED) is 0.603. The maximum absolute atomic E-state index is 11.3. The summed E-state index contributed by atoms with van der Waals surface area (Å²) in [7, 11) is 0. The lowest BCUT2D eigenvalue weighted by atomic mass is 9.85. The third-order valence-corrected chi connectivity index (χ3v) is 3.27. The van der Waals surface area contributed by atoms with Gasteiger partial charge in [0.1, 0.15) is 12.4 Å². The number of rotatable bonds is 4. The Morgan fingerprint density at radius 1 is 1.27 bits per heavy atom. The smallest absolute Gasteiger partial charge is 0.276 e. The van der Waals surface area contributed by atoms with Gasteiger partial charge in [-0.1, -0.05) is 51.0 Å². The summed E-state index contributed by atoms with van der Waals surface area (Å²) < 4.78 is 52.9. The van der Waals surface area contributed by atoms with Crippen LogP contribution in [0.1, 0.15) is 45.5 Å². The van der Waals surface area contributed by atoms with Crippen LogP contribution in [0.3, 0.4) is 0 Å². The van der Waals surface area contributed by atoms with Gasteiger partial charge < -0.3 is 4.74 Å². The van der Waals surface area contributed by atoms with Crippen molar-refractivity contribution in [2.45, 2.75) is 39.6 Å². The average molecular weight is 305 g/mol. The predicted octanol–water partition coefficient (Wildman–Crippen LogP) is 4.78. The maximum Gasteiger partial charge on any atom is 0.276 e. The third-order valence-electron chi connectivity index (χ3n) is 3.27. The van der Waals surface area contributed by atoms with Gasteiger partial charge in [0.2, 0.25) is 0 Å². The van der Waals surface area contributed by atoms with Crippen molar-refractivity contribution in [1.29, 1.82) is 0 Å². The third kappa shape index (κ3) is 3.64. The molecule has 0 radical (unpaired) electrons. The topological polar surface area (TPSA) is 52.4 Å². The lowest BCUT2D eigenvalue weighted by Gasteiger charge is -2.23. The van der Waals surface area contributed by atoms with Crippen molar-refractivity contribution in [2.75, 3.05) is 0 Å². The molecule has 0 aliphatic rings. The minimum atomic E-state index is -2.90. The van der Waals surface area contributed by atoms with E-state index >= 15 is 0 Å². The summed E-state index contributed by atoms with van der Waals surface area (Å²) in [6.45, 7) is -3.24. The molecule has 0 fully saturated rings. The number of hydrogen-bond acceptors (Lipinski definition) is 3. The fourth-order valence-electron chi connectivity index (χ4n) is 2.12. The van der Waals surface area contributed by atoms with E-state index in [1.165, 1.54) is 13.0 Å². The molecule has 0 atom stereocenters. The van der Waals surface area contributed by atoms with Gasteiger partial charge in [0.15, 0.2) is 0 Å². The molecule has 0 N–H and O–H groups in total. The van der Waals surface area contributed by atoms with E-state index in [0.29, 0.717) is 0 Å². The maximum atomic E-state index is 11.3. The summed E-state index contributed by atoms with van der Waals surface area (Å²) >= 11 is 0. The van der Waals surface area contributed by atoms with E-state index < -0.39 is 24.0 Å². The average Bonchev–Trinajstić information content (AvgIpc) is 2.58. The van der Waals surface area contributed by atoms with Crippen LogP contribution in [0, 0.1) is 17.0 Å². The van der Waals surface area contributed by atoms with Crippen LogP contribution in [-0.4, -0.2) is 4.92 Å². The second-order valence-electron chi connectivity index (χ2n) is 5.29. The molecule has 2 aromatic rings. The number of ether oxygens (including phenoxy) is 1. The van der Waals surface area contributed by atoms with E-state index in [1.54, 1.807) is 24.3 Å². The molecule has 4 nitrogen and oxygen atoms in total. The van der Waals surface area contributed by atoms with E-state index in [0.717, 1.165) is 18.6 Å². The first kappa shape index (κ1) is 9.62. The molecule has 0 amide bonds. The van der Waals surface area contributed by atoms with E-state index in [9.17, 15) is 10.1 Å². The highest BCUT2D eigenvalue weighted by Crippen LogP contribution is 2.36. The Balaban J connectivity index is 2.67. The summed E-state index contributed by atoms with van der Waals surface area (Å²) in [5.74, 6) is -0.129. The zero-order valence-corrected chi connectivity index (χ0v) is 12.4. The first-order valence-corrected chi connectivity index (χ1v) is 6.75. The number of benzene rings is 2. The molecule has 0 spiro atoms.